The Morgan fingerprint density at radius 3 is 2.23 bits per heavy atom. The van der Waals surface area contributed by atoms with Crippen LogP contribution in [0.3, 0.4) is 0 Å². The zero-order chi connectivity index (χ0) is 21.3. The first-order valence-corrected chi connectivity index (χ1v) is 11.3. The number of carbonyl (C=O) groups excluding carboxylic acids is 1. The van der Waals surface area contributed by atoms with Crippen molar-refractivity contribution >= 4 is 27.5 Å². The number of hydrogen-bond acceptors (Lipinski definition) is 4. The van der Waals surface area contributed by atoms with Gasteiger partial charge in [-0.15, -0.1) is 0 Å². The van der Waals surface area contributed by atoms with Crippen molar-refractivity contribution in [2.75, 3.05) is 26.2 Å². The zero-order valence-electron chi connectivity index (χ0n) is 16.4. The number of benzene rings is 2. The Balaban J connectivity index is 1.46. The second kappa shape index (κ2) is 8.22. The highest BCUT2D eigenvalue weighted by Gasteiger charge is 2.31. The predicted octanol–water partition coefficient (Wildman–Crippen LogP) is 2.98. The third kappa shape index (κ3) is 3.86. The van der Waals surface area contributed by atoms with Crippen LogP contribution in [-0.2, 0) is 10.0 Å². The zero-order valence-corrected chi connectivity index (χ0v) is 18.0. The fraction of sp³-hybridized carbons (Fsp3) is 0.238. The molecule has 9 heteroatoms. The minimum Gasteiger partial charge on any atom is -0.336 e. The topological polar surface area (TPSA) is 75.5 Å². The Morgan fingerprint density at radius 1 is 0.967 bits per heavy atom. The van der Waals surface area contributed by atoms with Gasteiger partial charge in [0.1, 0.15) is 0 Å². The molecule has 7 nitrogen and oxygen atoms in total. The van der Waals surface area contributed by atoms with Crippen LogP contribution < -0.4 is 0 Å². The van der Waals surface area contributed by atoms with E-state index >= 15 is 0 Å². The summed E-state index contributed by atoms with van der Waals surface area (Å²) in [7, 11) is -3.61. The van der Waals surface area contributed by atoms with Gasteiger partial charge in [0.15, 0.2) is 0 Å². The van der Waals surface area contributed by atoms with Crippen molar-refractivity contribution in [1.82, 2.24) is 19.0 Å². The molecule has 156 valence electrons. The summed E-state index contributed by atoms with van der Waals surface area (Å²) in [4.78, 5) is 14.9. The summed E-state index contributed by atoms with van der Waals surface area (Å²) in [6.07, 6.45) is 1.57. The molecule has 0 spiro atoms. The fourth-order valence-electron chi connectivity index (χ4n) is 3.51. The van der Waals surface area contributed by atoms with E-state index in [-0.39, 0.29) is 23.9 Å². The number of rotatable bonds is 4. The van der Waals surface area contributed by atoms with E-state index in [4.69, 9.17) is 11.6 Å². The quantitative estimate of drug-likeness (QED) is 0.620. The highest BCUT2D eigenvalue weighted by molar-refractivity contribution is 7.89. The SMILES string of the molecule is Cc1c(C(=O)N2CCN(S(=O)(=O)c3ccc(Cl)cc3)CC2)cnn1-c1ccccc1. The Bertz CT molecular complexity index is 1150. The van der Waals surface area contributed by atoms with Gasteiger partial charge in [-0.05, 0) is 43.3 Å². The van der Waals surface area contributed by atoms with Crippen molar-refractivity contribution in [2.24, 2.45) is 0 Å². The summed E-state index contributed by atoms with van der Waals surface area (Å²) in [6.45, 7) is 2.98. The first-order valence-electron chi connectivity index (χ1n) is 9.53. The number of carbonyl (C=O) groups is 1. The maximum Gasteiger partial charge on any atom is 0.257 e. The van der Waals surface area contributed by atoms with E-state index < -0.39 is 10.0 Å². The van der Waals surface area contributed by atoms with Gasteiger partial charge in [0.2, 0.25) is 10.0 Å². The molecule has 0 bridgehead atoms. The van der Waals surface area contributed by atoms with Gasteiger partial charge in [-0.25, -0.2) is 13.1 Å². The van der Waals surface area contributed by atoms with E-state index in [1.165, 1.54) is 16.4 Å². The lowest BCUT2D eigenvalue weighted by Crippen LogP contribution is -2.50. The van der Waals surface area contributed by atoms with Gasteiger partial charge in [-0.3, -0.25) is 4.79 Å². The van der Waals surface area contributed by atoms with Crippen LogP contribution in [0, 0.1) is 6.92 Å². The molecule has 4 rings (SSSR count). The maximum atomic E-state index is 13.0. The molecule has 0 saturated carbocycles. The minimum absolute atomic E-state index is 0.141. The molecule has 2 heterocycles. The van der Waals surface area contributed by atoms with Crippen LogP contribution in [0.4, 0.5) is 0 Å². The van der Waals surface area contributed by atoms with Crippen molar-refractivity contribution in [2.45, 2.75) is 11.8 Å². The van der Waals surface area contributed by atoms with Crippen molar-refractivity contribution < 1.29 is 13.2 Å². The lowest BCUT2D eigenvalue weighted by atomic mass is 10.2. The van der Waals surface area contributed by atoms with E-state index in [0.29, 0.717) is 23.7 Å². The van der Waals surface area contributed by atoms with Crippen LogP contribution in [0.2, 0.25) is 5.02 Å². The number of para-hydroxylation sites is 1. The van der Waals surface area contributed by atoms with Crippen LogP contribution in [0.5, 0.6) is 0 Å². The molecule has 0 unspecified atom stereocenters. The summed E-state index contributed by atoms with van der Waals surface area (Å²) in [6, 6.07) is 15.7. The Hall–Kier alpha value is -2.68. The van der Waals surface area contributed by atoms with E-state index in [1.54, 1.807) is 27.9 Å². The Morgan fingerprint density at radius 2 is 1.60 bits per heavy atom. The van der Waals surface area contributed by atoms with Gasteiger partial charge in [-0.1, -0.05) is 29.8 Å². The fourth-order valence-corrected chi connectivity index (χ4v) is 5.05. The molecular formula is C21H21ClN4O3S. The third-order valence-electron chi connectivity index (χ3n) is 5.22. The molecule has 1 aliphatic heterocycles. The van der Waals surface area contributed by atoms with E-state index in [2.05, 4.69) is 5.10 Å². The molecular weight excluding hydrogens is 424 g/mol. The molecule has 1 amide bonds. The van der Waals surface area contributed by atoms with E-state index in [9.17, 15) is 13.2 Å². The summed E-state index contributed by atoms with van der Waals surface area (Å²) in [5.41, 5.74) is 2.16. The Labute approximate surface area is 180 Å². The van der Waals surface area contributed by atoms with Crippen LogP contribution in [0.25, 0.3) is 5.69 Å². The normalized spacial score (nSPS) is 15.3. The average molecular weight is 445 g/mol. The first-order chi connectivity index (χ1) is 14.4. The number of nitrogens with zero attached hydrogens (tertiary/aromatic N) is 4. The largest absolute Gasteiger partial charge is 0.336 e. The molecule has 3 aromatic rings. The van der Waals surface area contributed by atoms with Crippen LogP contribution in [0.15, 0.2) is 65.7 Å². The van der Waals surface area contributed by atoms with Crippen molar-refractivity contribution in [3.8, 4) is 5.69 Å². The second-order valence-electron chi connectivity index (χ2n) is 7.04. The minimum atomic E-state index is -3.61. The molecule has 0 radical (unpaired) electrons. The average Bonchev–Trinajstić information content (AvgIpc) is 3.15. The molecule has 1 aliphatic rings. The molecule has 1 fully saturated rings. The molecule has 1 saturated heterocycles. The Kier molecular flexibility index (Phi) is 5.64. The van der Waals surface area contributed by atoms with Gasteiger partial charge in [0.05, 0.1) is 28.0 Å². The lowest BCUT2D eigenvalue weighted by Gasteiger charge is -2.34. The van der Waals surface area contributed by atoms with Gasteiger partial charge < -0.3 is 4.90 Å². The molecule has 30 heavy (non-hydrogen) atoms. The number of hydrogen-bond donors (Lipinski definition) is 0. The molecule has 2 aromatic carbocycles. The van der Waals surface area contributed by atoms with Gasteiger partial charge in [-0.2, -0.15) is 9.40 Å². The highest BCUT2D eigenvalue weighted by atomic mass is 35.5. The number of halogens is 1. The summed E-state index contributed by atoms with van der Waals surface area (Å²) in [5, 5.41) is 4.84. The molecule has 1 aromatic heterocycles. The highest BCUT2D eigenvalue weighted by Crippen LogP contribution is 2.21. The molecule has 0 N–H and O–H groups in total. The van der Waals surface area contributed by atoms with E-state index in [1.807, 2.05) is 37.3 Å². The summed E-state index contributed by atoms with van der Waals surface area (Å²) < 4.78 is 28.8. The van der Waals surface area contributed by atoms with Gasteiger partial charge in [0.25, 0.3) is 5.91 Å². The van der Waals surface area contributed by atoms with E-state index in [0.717, 1.165) is 11.4 Å². The first kappa shape index (κ1) is 20.6. The third-order valence-corrected chi connectivity index (χ3v) is 7.38. The van der Waals surface area contributed by atoms with Crippen molar-refractivity contribution in [3.63, 3.8) is 0 Å². The van der Waals surface area contributed by atoms with Crippen LogP contribution >= 0.6 is 11.6 Å². The summed E-state index contributed by atoms with van der Waals surface area (Å²) >= 11 is 5.85. The van der Waals surface area contributed by atoms with Crippen LogP contribution in [-0.4, -0.2) is 59.5 Å². The number of piperazine rings is 1. The maximum absolute atomic E-state index is 13.0. The monoisotopic (exact) mass is 444 g/mol. The molecule has 0 atom stereocenters. The lowest BCUT2D eigenvalue weighted by molar-refractivity contribution is 0.0697. The molecule has 0 aliphatic carbocycles. The van der Waals surface area contributed by atoms with Gasteiger partial charge >= 0.3 is 0 Å². The number of amides is 1. The van der Waals surface area contributed by atoms with Crippen molar-refractivity contribution in [1.29, 1.82) is 0 Å². The summed E-state index contributed by atoms with van der Waals surface area (Å²) in [5.74, 6) is -0.141. The van der Waals surface area contributed by atoms with Crippen LogP contribution in [0.1, 0.15) is 16.1 Å². The predicted molar refractivity (Wildman–Crippen MR) is 114 cm³/mol. The van der Waals surface area contributed by atoms with Crippen molar-refractivity contribution in [3.05, 3.63) is 77.1 Å². The number of sulfonamides is 1. The number of aromatic nitrogens is 2. The smallest absolute Gasteiger partial charge is 0.257 e. The second-order valence-corrected chi connectivity index (χ2v) is 9.42. The standard InChI is InChI=1S/C21H21ClN4O3S/c1-16-20(15-23-26(16)18-5-3-2-4-6-18)21(27)24-11-13-25(14-12-24)30(28,29)19-9-7-17(22)8-10-19/h2-10,15H,11-14H2,1H3. The van der Waals surface area contributed by atoms with Gasteiger partial charge in [0, 0.05) is 31.2 Å².